The first-order chi connectivity index (χ1) is 7.83. The smallest absolute Gasteiger partial charge is 0.0236 e. The third-order valence-electron chi connectivity index (χ3n) is 4.16. The van der Waals surface area contributed by atoms with Crippen LogP contribution < -0.4 is 0 Å². The zero-order chi connectivity index (χ0) is 11.4. The van der Waals surface area contributed by atoms with Crippen LogP contribution in [0, 0.1) is 0 Å². The lowest BCUT2D eigenvalue weighted by Crippen LogP contribution is -2.50. The number of hydrogen-bond acceptors (Lipinski definition) is 3. The molecule has 94 valence electrons. The van der Waals surface area contributed by atoms with Gasteiger partial charge in [-0.2, -0.15) is 0 Å². The Hall–Kier alpha value is -0.120. The Balaban J connectivity index is 1.73. The van der Waals surface area contributed by atoms with Crippen LogP contribution in [0.2, 0.25) is 0 Å². The molecule has 0 aromatic carbocycles. The van der Waals surface area contributed by atoms with Crippen LogP contribution >= 0.6 is 0 Å². The summed E-state index contributed by atoms with van der Waals surface area (Å²) in [5, 5.41) is 0. The van der Waals surface area contributed by atoms with Gasteiger partial charge in [-0.25, -0.2) is 0 Å². The summed E-state index contributed by atoms with van der Waals surface area (Å²) in [6.45, 7) is 14.9. The molecule has 0 amide bonds. The van der Waals surface area contributed by atoms with Gasteiger partial charge in [0.25, 0.3) is 0 Å². The van der Waals surface area contributed by atoms with Gasteiger partial charge in [-0.3, -0.25) is 4.90 Å². The Labute approximate surface area is 100 Å². The molecule has 2 fully saturated rings. The zero-order valence-electron chi connectivity index (χ0n) is 11.0. The molecule has 2 rings (SSSR count). The third kappa shape index (κ3) is 2.96. The summed E-state index contributed by atoms with van der Waals surface area (Å²) in [5.74, 6) is 0. The van der Waals surface area contributed by atoms with Gasteiger partial charge in [-0.05, 0) is 32.5 Å². The van der Waals surface area contributed by atoms with E-state index in [1.54, 1.807) is 0 Å². The second kappa shape index (κ2) is 5.99. The van der Waals surface area contributed by atoms with Gasteiger partial charge in [0.2, 0.25) is 0 Å². The van der Waals surface area contributed by atoms with E-state index in [1.165, 1.54) is 65.2 Å². The molecule has 3 heteroatoms. The number of rotatable bonds is 4. The van der Waals surface area contributed by atoms with Gasteiger partial charge >= 0.3 is 0 Å². The van der Waals surface area contributed by atoms with Crippen LogP contribution in [0.3, 0.4) is 0 Å². The van der Waals surface area contributed by atoms with E-state index in [0.29, 0.717) is 0 Å². The summed E-state index contributed by atoms with van der Waals surface area (Å²) in [4.78, 5) is 7.92. The van der Waals surface area contributed by atoms with Crippen LogP contribution in [0.1, 0.15) is 26.7 Å². The molecule has 0 N–H and O–H groups in total. The standard InChI is InChI=1S/C13H27N3/c1-3-6-15-7-5-13(12-15)16-10-8-14(4-2)9-11-16/h13H,3-12H2,1-2H3. The van der Waals surface area contributed by atoms with E-state index < -0.39 is 0 Å². The van der Waals surface area contributed by atoms with Crippen molar-refractivity contribution in [2.45, 2.75) is 32.7 Å². The Kier molecular flexibility index (Phi) is 4.62. The molecule has 1 unspecified atom stereocenters. The van der Waals surface area contributed by atoms with Crippen molar-refractivity contribution >= 4 is 0 Å². The predicted molar refractivity (Wildman–Crippen MR) is 68.8 cm³/mol. The van der Waals surface area contributed by atoms with Crippen LogP contribution in [-0.2, 0) is 0 Å². The molecule has 0 aromatic rings. The Bertz CT molecular complexity index is 199. The van der Waals surface area contributed by atoms with Gasteiger partial charge in [0, 0.05) is 38.8 Å². The lowest BCUT2D eigenvalue weighted by Gasteiger charge is -2.37. The molecule has 2 aliphatic rings. The first-order valence-electron chi connectivity index (χ1n) is 7.02. The van der Waals surface area contributed by atoms with Crippen LogP contribution in [0.4, 0.5) is 0 Å². The predicted octanol–water partition coefficient (Wildman–Crippen LogP) is 1.11. The fraction of sp³-hybridized carbons (Fsp3) is 1.00. The van der Waals surface area contributed by atoms with Crippen molar-refractivity contribution in [3.05, 3.63) is 0 Å². The van der Waals surface area contributed by atoms with E-state index in [-0.39, 0.29) is 0 Å². The summed E-state index contributed by atoms with van der Waals surface area (Å²) in [6, 6.07) is 0.852. The molecule has 16 heavy (non-hydrogen) atoms. The minimum Gasteiger partial charge on any atom is -0.302 e. The minimum atomic E-state index is 0.852. The van der Waals surface area contributed by atoms with Crippen LogP contribution in [0.15, 0.2) is 0 Å². The second-order valence-electron chi connectivity index (χ2n) is 5.21. The largest absolute Gasteiger partial charge is 0.302 e. The van der Waals surface area contributed by atoms with E-state index in [4.69, 9.17) is 0 Å². The SMILES string of the molecule is CCCN1CCC(N2CCN(CC)CC2)C1. The van der Waals surface area contributed by atoms with Gasteiger partial charge in [0.1, 0.15) is 0 Å². The van der Waals surface area contributed by atoms with Gasteiger partial charge in [0.15, 0.2) is 0 Å². The normalized spacial score (nSPS) is 30.0. The molecular formula is C13H27N3. The number of piperazine rings is 1. The third-order valence-corrected chi connectivity index (χ3v) is 4.16. The quantitative estimate of drug-likeness (QED) is 0.709. The molecule has 1 atom stereocenters. The highest BCUT2D eigenvalue weighted by molar-refractivity contribution is 4.85. The second-order valence-corrected chi connectivity index (χ2v) is 5.21. The minimum absolute atomic E-state index is 0.852. The molecule has 0 bridgehead atoms. The number of hydrogen-bond donors (Lipinski definition) is 0. The zero-order valence-corrected chi connectivity index (χ0v) is 11.0. The van der Waals surface area contributed by atoms with E-state index in [1.807, 2.05) is 0 Å². The maximum atomic E-state index is 2.72. The van der Waals surface area contributed by atoms with Crippen molar-refractivity contribution in [2.75, 3.05) is 52.4 Å². The molecule has 0 aromatic heterocycles. The van der Waals surface area contributed by atoms with Gasteiger partial charge in [0.05, 0.1) is 0 Å². The van der Waals surface area contributed by atoms with Crippen molar-refractivity contribution in [2.24, 2.45) is 0 Å². The number of likely N-dealkylation sites (tertiary alicyclic amines) is 1. The van der Waals surface area contributed by atoms with Crippen LogP contribution in [0.5, 0.6) is 0 Å². The molecule has 0 aliphatic carbocycles. The highest BCUT2D eigenvalue weighted by Crippen LogP contribution is 2.17. The Morgan fingerprint density at radius 3 is 2.31 bits per heavy atom. The number of nitrogens with zero attached hydrogens (tertiary/aromatic N) is 3. The monoisotopic (exact) mass is 225 g/mol. The van der Waals surface area contributed by atoms with Crippen LogP contribution in [0.25, 0.3) is 0 Å². The first kappa shape index (κ1) is 12.3. The topological polar surface area (TPSA) is 9.72 Å². The molecule has 0 saturated carbocycles. The van der Waals surface area contributed by atoms with Crippen LogP contribution in [-0.4, -0.2) is 73.1 Å². The Morgan fingerprint density at radius 2 is 1.69 bits per heavy atom. The van der Waals surface area contributed by atoms with Crippen molar-refractivity contribution in [3.8, 4) is 0 Å². The number of likely N-dealkylation sites (N-methyl/N-ethyl adjacent to an activating group) is 1. The summed E-state index contributed by atoms with van der Waals surface area (Å²) < 4.78 is 0. The summed E-state index contributed by atoms with van der Waals surface area (Å²) in [5.41, 5.74) is 0. The summed E-state index contributed by atoms with van der Waals surface area (Å²) in [6.07, 6.45) is 2.70. The fourth-order valence-electron chi connectivity index (χ4n) is 3.07. The highest BCUT2D eigenvalue weighted by Gasteiger charge is 2.28. The highest BCUT2D eigenvalue weighted by atomic mass is 15.3. The van der Waals surface area contributed by atoms with Gasteiger partial charge < -0.3 is 9.80 Å². The first-order valence-corrected chi connectivity index (χ1v) is 7.02. The van der Waals surface area contributed by atoms with E-state index >= 15 is 0 Å². The lowest BCUT2D eigenvalue weighted by molar-refractivity contribution is 0.101. The molecule has 0 spiro atoms. The van der Waals surface area contributed by atoms with E-state index in [9.17, 15) is 0 Å². The average molecular weight is 225 g/mol. The molecule has 3 nitrogen and oxygen atoms in total. The van der Waals surface area contributed by atoms with Gasteiger partial charge in [-0.1, -0.05) is 13.8 Å². The van der Waals surface area contributed by atoms with Crippen molar-refractivity contribution in [3.63, 3.8) is 0 Å². The van der Waals surface area contributed by atoms with Gasteiger partial charge in [-0.15, -0.1) is 0 Å². The maximum Gasteiger partial charge on any atom is 0.0236 e. The van der Waals surface area contributed by atoms with E-state index in [2.05, 4.69) is 28.5 Å². The van der Waals surface area contributed by atoms with Crippen molar-refractivity contribution in [1.29, 1.82) is 0 Å². The van der Waals surface area contributed by atoms with Crippen molar-refractivity contribution in [1.82, 2.24) is 14.7 Å². The lowest BCUT2D eigenvalue weighted by atomic mass is 10.2. The maximum absolute atomic E-state index is 2.72. The Morgan fingerprint density at radius 1 is 0.938 bits per heavy atom. The molecular weight excluding hydrogens is 198 g/mol. The van der Waals surface area contributed by atoms with E-state index in [0.717, 1.165) is 6.04 Å². The average Bonchev–Trinajstić information content (AvgIpc) is 2.78. The molecule has 0 radical (unpaired) electrons. The molecule has 2 saturated heterocycles. The molecule has 2 aliphatic heterocycles. The van der Waals surface area contributed by atoms with Crippen molar-refractivity contribution < 1.29 is 0 Å². The summed E-state index contributed by atoms with van der Waals surface area (Å²) in [7, 11) is 0. The molecule has 2 heterocycles. The summed E-state index contributed by atoms with van der Waals surface area (Å²) >= 11 is 0. The fourth-order valence-corrected chi connectivity index (χ4v) is 3.07.